The fourth-order valence-electron chi connectivity index (χ4n) is 3.06. The third-order valence-electron chi connectivity index (χ3n) is 4.46. The van der Waals surface area contributed by atoms with Crippen LogP contribution in [0, 0.1) is 3.57 Å². The molecular formula is C19H23IN2O2. The minimum atomic E-state index is 0.246. The van der Waals surface area contributed by atoms with Crippen molar-refractivity contribution in [1.29, 1.82) is 0 Å². The van der Waals surface area contributed by atoms with E-state index in [9.17, 15) is 4.79 Å². The van der Waals surface area contributed by atoms with Gasteiger partial charge in [-0.25, -0.2) is 0 Å². The summed E-state index contributed by atoms with van der Waals surface area (Å²) in [4.78, 5) is 18.9. The second kappa shape index (κ2) is 8.76. The maximum absolute atomic E-state index is 12.4. The number of Topliss-reactive ketones (excluding diaryl/α,β-unsaturated/α-hetero) is 1. The van der Waals surface area contributed by atoms with Crippen molar-refractivity contribution in [1.82, 2.24) is 0 Å². The van der Waals surface area contributed by atoms with Crippen molar-refractivity contribution in [2.24, 2.45) is 4.99 Å². The fraction of sp³-hybridized carbons (Fsp3) is 0.474. The van der Waals surface area contributed by atoms with Crippen LogP contribution in [0.3, 0.4) is 0 Å². The molecule has 0 aliphatic carbocycles. The van der Waals surface area contributed by atoms with Gasteiger partial charge in [-0.3, -0.25) is 9.79 Å². The minimum absolute atomic E-state index is 0.246. The van der Waals surface area contributed by atoms with Crippen LogP contribution < -0.4 is 4.90 Å². The summed E-state index contributed by atoms with van der Waals surface area (Å²) in [6.07, 6.45) is 7.75. The molecule has 2 heterocycles. The van der Waals surface area contributed by atoms with Crippen LogP contribution in [0.15, 0.2) is 34.8 Å². The van der Waals surface area contributed by atoms with Gasteiger partial charge in [-0.05, 0) is 65.6 Å². The number of rotatable bonds is 7. The molecule has 1 saturated heterocycles. The van der Waals surface area contributed by atoms with Crippen LogP contribution in [0.4, 0.5) is 5.69 Å². The second-order valence-electron chi connectivity index (χ2n) is 6.17. The van der Waals surface area contributed by atoms with Crippen LogP contribution in [0.2, 0.25) is 0 Å². The van der Waals surface area contributed by atoms with Gasteiger partial charge in [-0.15, -0.1) is 0 Å². The molecule has 0 unspecified atom stereocenters. The standard InChI is InChI=1S/C19H23IN2O2/c20-17-13-16(5-6-18(17)22-9-11-24-12-10-22)19(23)4-2-1-3-15-7-8-21-14-15/h5-7,13-14H,1-4,8-12H2. The summed E-state index contributed by atoms with van der Waals surface area (Å²) in [5.74, 6) is 0.246. The molecule has 0 N–H and O–H groups in total. The number of carbonyl (C=O) groups is 1. The molecule has 128 valence electrons. The summed E-state index contributed by atoms with van der Waals surface area (Å²) in [7, 11) is 0. The molecule has 5 heteroatoms. The Morgan fingerprint density at radius 2 is 2.08 bits per heavy atom. The number of anilines is 1. The quantitative estimate of drug-likeness (QED) is 0.369. The Bertz CT molecular complexity index is 649. The Hall–Kier alpha value is -1.21. The molecule has 0 spiro atoms. The highest BCUT2D eigenvalue weighted by atomic mass is 127. The molecule has 3 rings (SSSR count). The number of carbonyl (C=O) groups excluding carboxylic acids is 1. The van der Waals surface area contributed by atoms with Gasteiger partial charge in [-0.1, -0.05) is 6.08 Å². The molecule has 0 bridgehead atoms. The number of ether oxygens (including phenoxy) is 1. The van der Waals surface area contributed by atoms with Crippen molar-refractivity contribution in [2.75, 3.05) is 37.7 Å². The lowest BCUT2D eigenvalue weighted by Crippen LogP contribution is -2.36. The Balaban J connectivity index is 1.51. The number of unbranched alkanes of at least 4 members (excludes halogenated alkanes) is 1. The molecule has 0 amide bonds. The lowest BCUT2D eigenvalue weighted by Gasteiger charge is -2.29. The van der Waals surface area contributed by atoms with Gasteiger partial charge in [0, 0.05) is 34.9 Å². The van der Waals surface area contributed by atoms with Crippen molar-refractivity contribution >= 4 is 40.3 Å². The van der Waals surface area contributed by atoms with E-state index in [1.807, 2.05) is 18.3 Å². The zero-order valence-corrected chi connectivity index (χ0v) is 16.0. The fourth-order valence-corrected chi connectivity index (χ4v) is 3.92. The first-order valence-corrected chi connectivity index (χ1v) is 9.66. The highest BCUT2D eigenvalue weighted by Gasteiger charge is 2.15. The lowest BCUT2D eigenvalue weighted by molar-refractivity contribution is 0.0979. The molecule has 4 nitrogen and oxygen atoms in total. The van der Waals surface area contributed by atoms with Crippen LogP contribution in [0.25, 0.3) is 0 Å². The first-order chi connectivity index (χ1) is 11.7. The number of ketones is 1. The van der Waals surface area contributed by atoms with Crippen LogP contribution >= 0.6 is 22.6 Å². The van der Waals surface area contributed by atoms with E-state index in [1.165, 1.54) is 11.3 Å². The van der Waals surface area contributed by atoms with Crippen LogP contribution in [-0.4, -0.2) is 44.8 Å². The van der Waals surface area contributed by atoms with E-state index in [2.05, 4.69) is 44.6 Å². The normalized spacial score (nSPS) is 17.2. The zero-order valence-electron chi connectivity index (χ0n) is 13.8. The van der Waals surface area contributed by atoms with Gasteiger partial charge in [0.1, 0.15) is 0 Å². The number of hydrogen-bond donors (Lipinski definition) is 0. The molecule has 24 heavy (non-hydrogen) atoms. The van der Waals surface area contributed by atoms with Crippen molar-refractivity contribution in [3.63, 3.8) is 0 Å². The molecule has 0 aromatic heterocycles. The SMILES string of the molecule is O=C(CCCCC1=CCN=C1)c1ccc(N2CCOCC2)c(I)c1. The van der Waals surface area contributed by atoms with Gasteiger partial charge in [0.2, 0.25) is 0 Å². The molecule has 0 radical (unpaired) electrons. The van der Waals surface area contributed by atoms with E-state index in [1.54, 1.807) is 0 Å². The number of halogens is 1. The van der Waals surface area contributed by atoms with E-state index >= 15 is 0 Å². The summed E-state index contributed by atoms with van der Waals surface area (Å²) < 4.78 is 6.55. The molecular weight excluding hydrogens is 415 g/mol. The Morgan fingerprint density at radius 3 is 2.79 bits per heavy atom. The van der Waals surface area contributed by atoms with Crippen molar-refractivity contribution in [3.8, 4) is 0 Å². The predicted molar refractivity (Wildman–Crippen MR) is 106 cm³/mol. The summed E-state index contributed by atoms with van der Waals surface area (Å²) >= 11 is 2.34. The Kier molecular flexibility index (Phi) is 6.43. The largest absolute Gasteiger partial charge is 0.378 e. The predicted octanol–water partition coefficient (Wildman–Crippen LogP) is 3.88. The summed E-state index contributed by atoms with van der Waals surface area (Å²) in [6.45, 7) is 4.21. The summed E-state index contributed by atoms with van der Waals surface area (Å²) in [6, 6.07) is 6.08. The second-order valence-corrected chi connectivity index (χ2v) is 7.33. The van der Waals surface area contributed by atoms with Gasteiger partial charge in [0.25, 0.3) is 0 Å². The van der Waals surface area contributed by atoms with Gasteiger partial charge in [0.05, 0.1) is 25.4 Å². The van der Waals surface area contributed by atoms with Crippen LogP contribution in [0.5, 0.6) is 0 Å². The van der Waals surface area contributed by atoms with Crippen molar-refractivity contribution in [3.05, 3.63) is 39.0 Å². The number of nitrogens with zero attached hydrogens (tertiary/aromatic N) is 2. The van der Waals surface area contributed by atoms with E-state index in [0.29, 0.717) is 6.42 Å². The lowest BCUT2D eigenvalue weighted by atomic mass is 10.0. The molecule has 0 atom stereocenters. The third kappa shape index (κ3) is 4.66. The van der Waals surface area contributed by atoms with Gasteiger partial charge >= 0.3 is 0 Å². The van der Waals surface area contributed by atoms with E-state index in [4.69, 9.17) is 4.74 Å². The maximum atomic E-state index is 12.4. The topological polar surface area (TPSA) is 41.9 Å². The first kappa shape index (κ1) is 17.6. The highest BCUT2D eigenvalue weighted by Crippen LogP contribution is 2.25. The zero-order chi connectivity index (χ0) is 16.8. The number of aliphatic imine (C=N–C) groups is 1. The van der Waals surface area contributed by atoms with Crippen LogP contribution in [-0.2, 0) is 4.74 Å². The number of hydrogen-bond acceptors (Lipinski definition) is 4. The minimum Gasteiger partial charge on any atom is -0.378 e. The van der Waals surface area contributed by atoms with E-state index in [-0.39, 0.29) is 5.78 Å². The number of benzene rings is 1. The van der Waals surface area contributed by atoms with Crippen molar-refractivity contribution in [2.45, 2.75) is 25.7 Å². The number of morpholine rings is 1. The molecule has 2 aliphatic rings. The van der Waals surface area contributed by atoms with Gasteiger partial charge < -0.3 is 9.64 Å². The molecule has 0 saturated carbocycles. The van der Waals surface area contributed by atoms with Crippen molar-refractivity contribution < 1.29 is 9.53 Å². The Labute approximate surface area is 157 Å². The van der Waals surface area contributed by atoms with Crippen LogP contribution in [0.1, 0.15) is 36.0 Å². The third-order valence-corrected chi connectivity index (χ3v) is 5.32. The van der Waals surface area contributed by atoms with E-state index < -0.39 is 0 Å². The smallest absolute Gasteiger partial charge is 0.162 e. The number of allylic oxidation sites excluding steroid dienone is 1. The summed E-state index contributed by atoms with van der Waals surface area (Å²) in [5, 5.41) is 0. The maximum Gasteiger partial charge on any atom is 0.162 e. The Morgan fingerprint density at radius 1 is 1.25 bits per heavy atom. The van der Waals surface area contributed by atoms with Gasteiger partial charge in [0.15, 0.2) is 5.78 Å². The average Bonchev–Trinajstić information content (AvgIpc) is 3.12. The highest BCUT2D eigenvalue weighted by molar-refractivity contribution is 14.1. The summed E-state index contributed by atoms with van der Waals surface area (Å²) in [5.41, 5.74) is 3.35. The molecule has 2 aliphatic heterocycles. The first-order valence-electron chi connectivity index (χ1n) is 8.58. The molecule has 1 fully saturated rings. The van der Waals surface area contributed by atoms with Gasteiger partial charge in [-0.2, -0.15) is 0 Å². The monoisotopic (exact) mass is 438 g/mol. The van der Waals surface area contributed by atoms with E-state index in [0.717, 1.165) is 61.2 Å². The average molecular weight is 438 g/mol. The molecule has 1 aromatic rings. The molecule has 1 aromatic carbocycles.